The second kappa shape index (κ2) is 8.45. The van der Waals surface area contributed by atoms with Gasteiger partial charge in [-0.25, -0.2) is 0 Å². The quantitative estimate of drug-likeness (QED) is 0.856. The fraction of sp³-hybridized carbons (Fsp3) is 0.235. The molecule has 0 aliphatic rings. The molecule has 4 heteroatoms. The van der Waals surface area contributed by atoms with Crippen LogP contribution in [-0.4, -0.2) is 12.6 Å². The van der Waals surface area contributed by atoms with Gasteiger partial charge >= 0.3 is 5.97 Å². The van der Waals surface area contributed by atoms with Gasteiger partial charge in [0.1, 0.15) is 0 Å². The second-order valence-electron chi connectivity index (χ2n) is 4.61. The molecule has 0 radical (unpaired) electrons. The first-order valence-electron chi connectivity index (χ1n) is 6.77. The molecule has 0 bridgehead atoms. The Morgan fingerprint density at radius 3 is 2.43 bits per heavy atom. The van der Waals surface area contributed by atoms with Crippen LogP contribution in [0.3, 0.4) is 0 Å². The van der Waals surface area contributed by atoms with E-state index in [0.717, 1.165) is 16.7 Å². The molecule has 0 aliphatic heterocycles. The van der Waals surface area contributed by atoms with Gasteiger partial charge in [0.2, 0.25) is 0 Å². The molecule has 1 atom stereocenters. The number of ether oxygens (including phenoxy) is 1. The molecule has 0 unspecified atom stereocenters. The molecule has 2 N–H and O–H groups in total. The summed E-state index contributed by atoms with van der Waals surface area (Å²) in [6, 6.07) is 17.7. The summed E-state index contributed by atoms with van der Waals surface area (Å²) in [4.78, 5) is 11.5. The number of carbonyl (C=O) groups excluding carboxylic acids is 1. The van der Waals surface area contributed by atoms with Crippen molar-refractivity contribution in [1.29, 1.82) is 0 Å². The first-order chi connectivity index (χ1) is 9.70. The van der Waals surface area contributed by atoms with Gasteiger partial charge in [-0.1, -0.05) is 48.5 Å². The average Bonchev–Trinajstić information content (AvgIpc) is 2.48. The minimum atomic E-state index is -0.335. The van der Waals surface area contributed by atoms with Crippen molar-refractivity contribution in [2.24, 2.45) is 5.73 Å². The molecule has 0 amide bonds. The van der Waals surface area contributed by atoms with Crippen LogP contribution in [0.2, 0.25) is 0 Å². The van der Waals surface area contributed by atoms with Crippen molar-refractivity contribution in [2.75, 3.05) is 6.61 Å². The van der Waals surface area contributed by atoms with Crippen molar-refractivity contribution in [3.8, 4) is 11.1 Å². The topological polar surface area (TPSA) is 52.3 Å². The molecular formula is C17H20ClNO2. The van der Waals surface area contributed by atoms with E-state index in [0.29, 0.717) is 6.61 Å². The maximum atomic E-state index is 11.5. The fourth-order valence-corrected chi connectivity index (χ4v) is 2.10. The summed E-state index contributed by atoms with van der Waals surface area (Å²) in [5, 5.41) is 0. The predicted molar refractivity (Wildman–Crippen MR) is 87.3 cm³/mol. The van der Waals surface area contributed by atoms with E-state index in [2.05, 4.69) is 12.1 Å². The molecule has 3 nitrogen and oxygen atoms in total. The van der Waals surface area contributed by atoms with Gasteiger partial charge in [-0.05, 0) is 29.7 Å². The Balaban J connectivity index is 0.00000220. The van der Waals surface area contributed by atoms with Crippen LogP contribution < -0.4 is 5.73 Å². The molecule has 0 aromatic heterocycles. The molecule has 0 aliphatic carbocycles. The summed E-state index contributed by atoms with van der Waals surface area (Å²) >= 11 is 0. The van der Waals surface area contributed by atoms with Crippen LogP contribution in [0.1, 0.15) is 24.9 Å². The highest BCUT2D eigenvalue weighted by molar-refractivity contribution is 5.85. The number of esters is 1. The van der Waals surface area contributed by atoms with E-state index in [1.807, 2.05) is 42.5 Å². The maximum absolute atomic E-state index is 11.5. The average molecular weight is 306 g/mol. The van der Waals surface area contributed by atoms with Gasteiger partial charge in [0.05, 0.1) is 13.0 Å². The molecule has 2 rings (SSSR count). The monoisotopic (exact) mass is 305 g/mol. The zero-order valence-electron chi connectivity index (χ0n) is 12.0. The summed E-state index contributed by atoms with van der Waals surface area (Å²) in [5.41, 5.74) is 9.25. The van der Waals surface area contributed by atoms with E-state index in [1.54, 1.807) is 6.92 Å². The third-order valence-electron chi connectivity index (χ3n) is 3.11. The van der Waals surface area contributed by atoms with Crippen molar-refractivity contribution in [2.45, 2.75) is 19.4 Å². The summed E-state index contributed by atoms with van der Waals surface area (Å²) < 4.78 is 4.93. The zero-order valence-corrected chi connectivity index (χ0v) is 12.8. The van der Waals surface area contributed by atoms with E-state index < -0.39 is 0 Å². The lowest BCUT2D eigenvalue weighted by Crippen LogP contribution is -2.17. The highest BCUT2D eigenvalue weighted by Crippen LogP contribution is 2.23. The summed E-state index contributed by atoms with van der Waals surface area (Å²) in [6.07, 6.45) is 0.200. The van der Waals surface area contributed by atoms with Crippen LogP contribution in [-0.2, 0) is 9.53 Å². The molecule has 112 valence electrons. The van der Waals surface area contributed by atoms with Crippen LogP contribution in [0.25, 0.3) is 11.1 Å². The Labute approximate surface area is 131 Å². The van der Waals surface area contributed by atoms with E-state index in [4.69, 9.17) is 10.5 Å². The molecule has 0 spiro atoms. The van der Waals surface area contributed by atoms with Crippen LogP contribution in [0, 0.1) is 0 Å². The molecule has 21 heavy (non-hydrogen) atoms. The van der Waals surface area contributed by atoms with Crippen molar-refractivity contribution >= 4 is 18.4 Å². The molecule has 0 fully saturated rings. The van der Waals surface area contributed by atoms with Gasteiger partial charge in [-0.15, -0.1) is 12.4 Å². The number of hydrogen-bond acceptors (Lipinski definition) is 3. The van der Waals surface area contributed by atoms with Crippen molar-refractivity contribution in [3.63, 3.8) is 0 Å². The fourth-order valence-electron chi connectivity index (χ4n) is 2.10. The van der Waals surface area contributed by atoms with Crippen molar-refractivity contribution in [3.05, 3.63) is 60.2 Å². The zero-order chi connectivity index (χ0) is 14.4. The summed E-state index contributed by atoms with van der Waals surface area (Å²) in [6.45, 7) is 2.18. The van der Waals surface area contributed by atoms with Gasteiger partial charge in [-0.3, -0.25) is 4.79 Å². The lowest BCUT2D eigenvalue weighted by atomic mass is 9.98. The minimum Gasteiger partial charge on any atom is -0.466 e. The van der Waals surface area contributed by atoms with E-state index in [9.17, 15) is 4.79 Å². The third-order valence-corrected chi connectivity index (χ3v) is 3.11. The van der Waals surface area contributed by atoms with E-state index >= 15 is 0 Å². The first-order valence-corrected chi connectivity index (χ1v) is 6.77. The van der Waals surface area contributed by atoms with Crippen LogP contribution in [0.4, 0.5) is 0 Å². The van der Waals surface area contributed by atoms with Gasteiger partial charge in [0.25, 0.3) is 0 Å². The van der Waals surface area contributed by atoms with Crippen LogP contribution >= 0.6 is 12.4 Å². The lowest BCUT2D eigenvalue weighted by Gasteiger charge is -2.12. The van der Waals surface area contributed by atoms with E-state index in [-0.39, 0.29) is 30.8 Å². The number of hydrogen-bond donors (Lipinski definition) is 1. The Kier molecular flexibility index (Phi) is 6.92. The van der Waals surface area contributed by atoms with Crippen molar-refractivity contribution < 1.29 is 9.53 Å². The molecule has 2 aromatic carbocycles. The Morgan fingerprint density at radius 1 is 1.10 bits per heavy atom. The highest BCUT2D eigenvalue weighted by Gasteiger charge is 2.13. The number of carbonyl (C=O) groups is 1. The Hall–Kier alpha value is -1.84. The second-order valence-corrected chi connectivity index (χ2v) is 4.61. The first kappa shape index (κ1) is 17.2. The van der Waals surface area contributed by atoms with Crippen molar-refractivity contribution in [1.82, 2.24) is 0 Å². The number of benzene rings is 2. The van der Waals surface area contributed by atoms with Crippen LogP contribution in [0.5, 0.6) is 0 Å². The number of rotatable bonds is 5. The van der Waals surface area contributed by atoms with Gasteiger partial charge < -0.3 is 10.5 Å². The molecule has 0 saturated heterocycles. The predicted octanol–water partition coefficient (Wildman–Crippen LogP) is 3.73. The number of halogens is 1. The molecule has 0 heterocycles. The molecule has 0 saturated carbocycles. The largest absolute Gasteiger partial charge is 0.466 e. The Morgan fingerprint density at radius 2 is 1.76 bits per heavy atom. The van der Waals surface area contributed by atoms with Gasteiger partial charge in [0, 0.05) is 6.04 Å². The standard InChI is InChI=1S/C17H19NO2.ClH/c1-2-20-17(19)12-16(18)15-10-6-9-14(11-15)13-7-4-3-5-8-13;/h3-11,16H,2,12,18H2,1H3;1H/t16-;/m0./s1. The third kappa shape index (κ3) is 4.88. The van der Waals surface area contributed by atoms with Crippen LogP contribution in [0.15, 0.2) is 54.6 Å². The molecular weight excluding hydrogens is 286 g/mol. The smallest absolute Gasteiger partial charge is 0.307 e. The maximum Gasteiger partial charge on any atom is 0.307 e. The Bertz CT molecular complexity index is 572. The normalized spacial score (nSPS) is 11.3. The van der Waals surface area contributed by atoms with Gasteiger partial charge in [0.15, 0.2) is 0 Å². The summed E-state index contributed by atoms with van der Waals surface area (Å²) in [5.74, 6) is -0.259. The SMILES string of the molecule is CCOC(=O)C[C@H](N)c1cccc(-c2ccccc2)c1.Cl. The minimum absolute atomic E-state index is 0. The van der Waals surface area contributed by atoms with E-state index in [1.165, 1.54) is 0 Å². The lowest BCUT2D eigenvalue weighted by molar-refractivity contribution is -0.143. The number of nitrogens with two attached hydrogens (primary N) is 1. The molecule has 2 aromatic rings. The summed E-state index contributed by atoms with van der Waals surface area (Å²) in [7, 11) is 0. The highest BCUT2D eigenvalue weighted by atomic mass is 35.5. The van der Waals surface area contributed by atoms with Gasteiger partial charge in [-0.2, -0.15) is 0 Å².